The molecule has 0 fully saturated rings. The van der Waals surface area contributed by atoms with Crippen LogP contribution in [0.25, 0.3) is 44.3 Å². The maximum atomic E-state index is 13.0. The van der Waals surface area contributed by atoms with Gasteiger partial charge in [-0.25, -0.2) is 0 Å². The second-order valence-electron chi connectivity index (χ2n) is 12.1. The third-order valence-corrected chi connectivity index (χ3v) is 9.26. The average molecular weight is 617 g/mol. The molecule has 0 amide bonds. The number of nitrogens with zero attached hydrogens (tertiary/aromatic N) is 2. The van der Waals surface area contributed by atoms with Crippen LogP contribution in [0.4, 0.5) is 17.1 Å². The predicted molar refractivity (Wildman–Crippen MR) is 196 cm³/mol. The van der Waals surface area contributed by atoms with Crippen LogP contribution in [0.5, 0.6) is 0 Å². The van der Waals surface area contributed by atoms with E-state index in [1.54, 1.807) is 30.3 Å². The molecular weight excluding hydrogens is 588 g/mol. The number of para-hydroxylation sites is 3. The van der Waals surface area contributed by atoms with Crippen LogP contribution in [0.15, 0.2) is 169 Å². The number of aromatic nitrogens is 1. The Hall–Kier alpha value is -6.52. The minimum absolute atomic E-state index is 0.213. The lowest BCUT2D eigenvalue weighted by Crippen LogP contribution is -2.10. The molecule has 48 heavy (non-hydrogen) atoms. The lowest BCUT2D eigenvalue weighted by Gasteiger charge is -2.26. The first-order chi connectivity index (χ1) is 23.6. The minimum Gasteiger partial charge on any atom is -0.310 e. The highest BCUT2D eigenvalue weighted by molar-refractivity contribution is 6.41. The van der Waals surface area contributed by atoms with Gasteiger partial charge in [0.1, 0.15) is 0 Å². The summed E-state index contributed by atoms with van der Waals surface area (Å²) in [5.74, 6) is -0.430. The number of rotatable bonds is 5. The van der Waals surface area contributed by atoms with Gasteiger partial charge in [-0.05, 0) is 83.1 Å². The highest BCUT2D eigenvalue weighted by Crippen LogP contribution is 2.39. The van der Waals surface area contributed by atoms with Crippen molar-refractivity contribution in [3.8, 4) is 5.69 Å². The van der Waals surface area contributed by atoms with Crippen LogP contribution in [0.3, 0.4) is 0 Å². The summed E-state index contributed by atoms with van der Waals surface area (Å²) in [6.45, 7) is 0. The maximum Gasteiger partial charge on any atom is 0.197 e. The Morgan fingerprint density at radius 3 is 1.73 bits per heavy atom. The van der Waals surface area contributed by atoms with Gasteiger partial charge in [0.05, 0.1) is 16.6 Å². The fourth-order valence-corrected chi connectivity index (χ4v) is 7.05. The molecule has 0 saturated carbocycles. The highest BCUT2D eigenvalue weighted by atomic mass is 16.2. The first-order valence-corrected chi connectivity index (χ1v) is 16.0. The summed E-state index contributed by atoms with van der Waals surface area (Å²) in [7, 11) is 0. The maximum absolute atomic E-state index is 13.0. The zero-order chi connectivity index (χ0) is 32.2. The van der Waals surface area contributed by atoms with Crippen molar-refractivity contribution < 1.29 is 9.59 Å². The number of Topliss-reactive ketones (excluding diaryl/α,β-unsaturated/α-hetero) is 2. The summed E-state index contributed by atoms with van der Waals surface area (Å²) in [6.07, 6.45) is 1.72. The van der Waals surface area contributed by atoms with Crippen molar-refractivity contribution in [1.82, 2.24) is 4.57 Å². The summed E-state index contributed by atoms with van der Waals surface area (Å²) in [4.78, 5) is 28.3. The van der Waals surface area contributed by atoms with E-state index >= 15 is 0 Å². The molecule has 0 saturated heterocycles. The van der Waals surface area contributed by atoms with Crippen LogP contribution in [-0.2, 0) is 0 Å². The number of fused-ring (bicyclic) bond motifs is 5. The van der Waals surface area contributed by atoms with Gasteiger partial charge >= 0.3 is 0 Å². The van der Waals surface area contributed by atoms with Crippen LogP contribution in [0.2, 0.25) is 0 Å². The first kappa shape index (κ1) is 27.8. The quantitative estimate of drug-likeness (QED) is 0.143. The fraction of sp³-hybridized carbons (Fsp3) is 0. The van der Waals surface area contributed by atoms with Crippen molar-refractivity contribution in [3.05, 3.63) is 186 Å². The Morgan fingerprint density at radius 2 is 1.02 bits per heavy atom. The number of hydrogen-bond acceptors (Lipinski definition) is 3. The standard InChI is InChI=1S/C44H28N2O2/c47-43-38-17-4-5-18-39(38)44(48)40(43)26-29-21-22-31-27-35(24-23-30(31)25-29)45(32-11-2-1-3-12-32)33-13-10-14-34(28-33)46-41-19-8-6-15-36(41)37-16-7-9-20-42(37)46/h1-28H. The molecule has 7 aromatic carbocycles. The van der Waals surface area contributed by atoms with E-state index in [1.165, 1.54) is 21.8 Å². The number of carbonyl (C=O) groups excluding carboxylic acids is 2. The zero-order valence-electron chi connectivity index (χ0n) is 25.9. The molecule has 0 aliphatic heterocycles. The van der Waals surface area contributed by atoms with Gasteiger partial charge in [0.2, 0.25) is 0 Å². The van der Waals surface area contributed by atoms with Gasteiger partial charge in [-0.2, -0.15) is 0 Å². The smallest absolute Gasteiger partial charge is 0.197 e. The number of anilines is 3. The molecule has 0 unspecified atom stereocenters. The molecule has 0 N–H and O–H groups in total. The van der Waals surface area contributed by atoms with Gasteiger partial charge in [-0.3, -0.25) is 9.59 Å². The fourth-order valence-electron chi connectivity index (χ4n) is 7.05. The molecule has 226 valence electrons. The predicted octanol–water partition coefficient (Wildman–Crippen LogP) is 10.9. The molecule has 4 nitrogen and oxygen atoms in total. The SMILES string of the molecule is O=C1C(=Cc2ccc3cc(N(c4ccccc4)c4cccc(-n5c6ccccc6c6ccccc65)c4)ccc3c2)C(=O)c2ccccc21. The molecule has 9 rings (SSSR count). The van der Waals surface area contributed by atoms with Gasteiger partial charge in [0, 0.05) is 44.6 Å². The molecule has 1 heterocycles. The molecule has 0 radical (unpaired) electrons. The number of ketones is 2. The molecule has 0 spiro atoms. The normalized spacial score (nSPS) is 12.6. The van der Waals surface area contributed by atoms with Gasteiger partial charge in [0.25, 0.3) is 0 Å². The molecule has 1 aromatic heterocycles. The third-order valence-electron chi connectivity index (χ3n) is 9.26. The number of benzene rings is 7. The summed E-state index contributed by atoms with van der Waals surface area (Å²) >= 11 is 0. The molecule has 1 aliphatic rings. The van der Waals surface area contributed by atoms with E-state index < -0.39 is 0 Å². The number of hydrogen-bond donors (Lipinski definition) is 0. The topological polar surface area (TPSA) is 42.3 Å². The Labute approximate surface area is 277 Å². The van der Waals surface area contributed by atoms with E-state index in [9.17, 15) is 9.59 Å². The summed E-state index contributed by atoms with van der Waals surface area (Å²) in [5, 5.41) is 4.54. The monoisotopic (exact) mass is 616 g/mol. The van der Waals surface area contributed by atoms with Crippen molar-refractivity contribution in [1.29, 1.82) is 0 Å². The van der Waals surface area contributed by atoms with E-state index in [0.717, 1.165) is 39.1 Å². The Bertz CT molecular complexity index is 2520. The van der Waals surface area contributed by atoms with E-state index in [0.29, 0.717) is 11.1 Å². The highest BCUT2D eigenvalue weighted by Gasteiger charge is 2.32. The number of allylic oxidation sites excluding steroid dienone is 1. The van der Waals surface area contributed by atoms with E-state index in [4.69, 9.17) is 0 Å². The van der Waals surface area contributed by atoms with Gasteiger partial charge in [-0.1, -0.05) is 103 Å². The largest absolute Gasteiger partial charge is 0.310 e. The van der Waals surface area contributed by atoms with Crippen LogP contribution >= 0.6 is 0 Å². The minimum atomic E-state index is -0.215. The van der Waals surface area contributed by atoms with Crippen molar-refractivity contribution in [2.75, 3.05) is 4.90 Å². The van der Waals surface area contributed by atoms with Crippen molar-refractivity contribution in [2.24, 2.45) is 0 Å². The Morgan fingerprint density at radius 1 is 0.458 bits per heavy atom. The van der Waals surface area contributed by atoms with Crippen molar-refractivity contribution in [3.63, 3.8) is 0 Å². The van der Waals surface area contributed by atoms with Gasteiger partial charge in [0.15, 0.2) is 11.6 Å². The lowest BCUT2D eigenvalue weighted by molar-refractivity contribution is 0.0990. The Balaban J connectivity index is 1.13. The summed E-state index contributed by atoms with van der Waals surface area (Å²) < 4.78 is 2.34. The van der Waals surface area contributed by atoms with E-state index in [1.807, 2.05) is 18.2 Å². The summed E-state index contributed by atoms with van der Waals surface area (Å²) in [5.41, 5.74) is 8.52. The summed E-state index contributed by atoms with van der Waals surface area (Å²) in [6, 6.07) is 55.7. The number of carbonyl (C=O) groups is 2. The first-order valence-electron chi connectivity index (χ1n) is 16.0. The van der Waals surface area contributed by atoms with Crippen LogP contribution in [-0.4, -0.2) is 16.1 Å². The second-order valence-corrected chi connectivity index (χ2v) is 12.1. The molecule has 0 atom stereocenters. The molecule has 0 bridgehead atoms. The Kier molecular flexibility index (Phi) is 6.41. The molecule has 8 aromatic rings. The third kappa shape index (κ3) is 4.46. The molecule has 1 aliphatic carbocycles. The van der Waals surface area contributed by atoms with Gasteiger partial charge in [-0.15, -0.1) is 0 Å². The van der Waals surface area contributed by atoms with Gasteiger partial charge < -0.3 is 9.47 Å². The molecular formula is C44H28N2O2. The van der Waals surface area contributed by atoms with Crippen molar-refractivity contribution >= 4 is 67.3 Å². The average Bonchev–Trinajstić information content (AvgIpc) is 3.60. The van der Waals surface area contributed by atoms with Crippen molar-refractivity contribution in [2.45, 2.75) is 0 Å². The van der Waals surface area contributed by atoms with Crippen LogP contribution in [0.1, 0.15) is 26.3 Å². The van der Waals surface area contributed by atoms with E-state index in [-0.39, 0.29) is 17.1 Å². The lowest BCUT2D eigenvalue weighted by atomic mass is 10.0. The zero-order valence-corrected chi connectivity index (χ0v) is 25.9. The van der Waals surface area contributed by atoms with Crippen LogP contribution < -0.4 is 4.90 Å². The van der Waals surface area contributed by atoms with E-state index in [2.05, 4.69) is 131 Å². The molecule has 4 heteroatoms. The van der Waals surface area contributed by atoms with Crippen LogP contribution in [0, 0.1) is 0 Å². The second kappa shape index (κ2) is 11.1.